The Balaban J connectivity index is 0.000000433. The van der Waals surface area contributed by atoms with Crippen molar-refractivity contribution in [2.45, 2.75) is 6.42 Å². The molecular formula is C8H14NO11P3. The summed E-state index contributed by atoms with van der Waals surface area (Å²) in [7, 11) is -16.2. The van der Waals surface area contributed by atoms with E-state index in [0.29, 0.717) is 6.42 Å². The fraction of sp³-hybridized carbons (Fsp3) is 0.125. The summed E-state index contributed by atoms with van der Waals surface area (Å²) < 4.78 is 36.4. The maximum Gasteiger partial charge on any atom is 0.490 e. The first kappa shape index (κ1) is 22.1. The first-order chi connectivity index (χ1) is 10.2. The second kappa shape index (κ2) is 8.81. The summed E-state index contributed by atoms with van der Waals surface area (Å²) in [6, 6.07) is 9.44. The Hall–Kier alpha value is -0.900. The summed E-state index contributed by atoms with van der Waals surface area (Å²) in [6.45, 7) is 0. The van der Waals surface area contributed by atoms with Crippen molar-refractivity contribution in [1.82, 2.24) is 0 Å². The Kier molecular flexibility index (Phi) is 8.47. The Morgan fingerprint density at radius 3 is 1.61 bits per heavy atom. The van der Waals surface area contributed by atoms with Gasteiger partial charge >= 0.3 is 23.5 Å². The predicted molar refractivity (Wildman–Crippen MR) is 75.4 cm³/mol. The molecule has 0 aliphatic carbocycles. The molecule has 0 aliphatic rings. The van der Waals surface area contributed by atoms with Crippen molar-refractivity contribution >= 4 is 29.4 Å². The number of amides is 1. The zero-order valence-electron chi connectivity index (χ0n) is 11.2. The minimum atomic E-state index is -5.46. The minimum absolute atomic E-state index is 0.286. The van der Waals surface area contributed by atoms with Crippen molar-refractivity contribution in [3.63, 3.8) is 0 Å². The summed E-state index contributed by atoms with van der Waals surface area (Å²) in [5, 5.41) is 0. The van der Waals surface area contributed by atoms with Crippen LogP contribution in [0.4, 0.5) is 0 Å². The van der Waals surface area contributed by atoms with Crippen molar-refractivity contribution in [2.75, 3.05) is 0 Å². The third-order valence-electron chi connectivity index (χ3n) is 1.64. The topological polar surface area (TPSA) is 214 Å². The molecule has 15 heteroatoms. The van der Waals surface area contributed by atoms with Gasteiger partial charge in [-0.1, -0.05) is 30.3 Å². The SMILES string of the molecule is NC(=O)Cc1ccccc1.O=P(O)(O)OP(=O)(O)OP(=O)(O)O. The molecule has 0 fully saturated rings. The molecule has 132 valence electrons. The molecule has 0 saturated heterocycles. The lowest BCUT2D eigenvalue weighted by Crippen LogP contribution is -2.13. The minimum Gasteiger partial charge on any atom is -0.369 e. The zero-order valence-corrected chi connectivity index (χ0v) is 13.9. The number of nitrogens with two attached hydrogens (primary N) is 1. The van der Waals surface area contributed by atoms with E-state index in [1.54, 1.807) is 0 Å². The molecule has 0 atom stereocenters. The summed E-state index contributed by atoms with van der Waals surface area (Å²) in [4.78, 5) is 50.6. The van der Waals surface area contributed by atoms with Gasteiger partial charge in [-0.25, -0.2) is 13.7 Å². The maximum absolute atomic E-state index is 10.4. The average molecular weight is 393 g/mol. The molecule has 23 heavy (non-hydrogen) atoms. The zero-order chi connectivity index (χ0) is 18.3. The fourth-order valence-electron chi connectivity index (χ4n) is 1.08. The largest absolute Gasteiger partial charge is 0.490 e. The first-order valence-corrected chi connectivity index (χ1v) is 9.94. The summed E-state index contributed by atoms with van der Waals surface area (Å²) in [5.74, 6) is -0.286. The third kappa shape index (κ3) is 14.4. The van der Waals surface area contributed by atoms with Crippen molar-refractivity contribution in [1.29, 1.82) is 0 Å². The van der Waals surface area contributed by atoms with Crippen LogP contribution in [0.2, 0.25) is 0 Å². The second-order valence-corrected chi connectivity index (χ2v) is 7.95. The highest BCUT2D eigenvalue weighted by atomic mass is 31.3. The maximum atomic E-state index is 10.4. The summed E-state index contributed by atoms with van der Waals surface area (Å²) in [6.07, 6.45) is 0.334. The molecule has 0 spiro atoms. The van der Waals surface area contributed by atoms with Crippen LogP contribution in [-0.4, -0.2) is 30.4 Å². The number of carbonyl (C=O) groups excluding carboxylic acids is 1. The first-order valence-electron chi connectivity index (χ1n) is 5.39. The van der Waals surface area contributed by atoms with Crippen LogP contribution in [0, 0.1) is 0 Å². The Labute approximate surface area is 130 Å². The van der Waals surface area contributed by atoms with E-state index >= 15 is 0 Å². The third-order valence-corrected chi connectivity index (χ3v) is 4.99. The van der Waals surface area contributed by atoms with E-state index in [2.05, 4.69) is 8.62 Å². The highest BCUT2D eigenvalue weighted by Gasteiger charge is 2.38. The molecule has 1 rings (SSSR count). The molecule has 0 unspecified atom stereocenters. The van der Waals surface area contributed by atoms with Crippen LogP contribution in [0.1, 0.15) is 5.56 Å². The van der Waals surface area contributed by atoms with Crippen LogP contribution >= 0.6 is 23.5 Å². The van der Waals surface area contributed by atoms with Gasteiger partial charge < -0.3 is 30.2 Å². The van der Waals surface area contributed by atoms with Gasteiger partial charge in [0.05, 0.1) is 6.42 Å². The van der Waals surface area contributed by atoms with Gasteiger partial charge in [0, 0.05) is 0 Å². The Bertz CT molecular complexity index is 622. The van der Waals surface area contributed by atoms with E-state index in [9.17, 15) is 18.5 Å². The van der Waals surface area contributed by atoms with Crippen LogP contribution in [0.3, 0.4) is 0 Å². The van der Waals surface area contributed by atoms with E-state index in [1.165, 1.54) is 0 Å². The molecule has 12 nitrogen and oxygen atoms in total. The van der Waals surface area contributed by atoms with E-state index in [1.807, 2.05) is 30.3 Å². The monoisotopic (exact) mass is 393 g/mol. The Morgan fingerprint density at radius 2 is 1.30 bits per heavy atom. The van der Waals surface area contributed by atoms with E-state index in [-0.39, 0.29) is 5.91 Å². The quantitative estimate of drug-likeness (QED) is 0.354. The van der Waals surface area contributed by atoms with Gasteiger partial charge in [0.1, 0.15) is 0 Å². The van der Waals surface area contributed by atoms with Gasteiger partial charge in [0.25, 0.3) is 0 Å². The molecule has 0 aliphatic heterocycles. The lowest BCUT2D eigenvalue weighted by atomic mass is 10.1. The number of benzene rings is 1. The highest BCUT2D eigenvalue weighted by molar-refractivity contribution is 7.66. The van der Waals surface area contributed by atoms with Crippen LogP contribution in [-0.2, 0) is 33.5 Å². The van der Waals surface area contributed by atoms with Crippen molar-refractivity contribution < 1.29 is 51.6 Å². The number of phosphoric acid groups is 3. The van der Waals surface area contributed by atoms with Gasteiger partial charge in [0.15, 0.2) is 0 Å². The van der Waals surface area contributed by atoms with Crippen LogP contribution in [0.15, 0.2) is 30.3 Å². The summed E-state index contributed by atoms with van der Waals surface area (Å²) in [5.41, 5.74) is 5.95. The second-order valence-electron chi connectivity index (χ2n) is 3.74. The number of primary amides is 1. The molecule has 0 heterocycles. The highest BCUT2D eigenvalue weighted by Crippen LogP contribution is 2.64. The summed E-state index contributed by atoms with van der Waals surface area (Å²) >= 11 is 0. The van der Waals surface area contributed by atoms with Gasteiger partial charge in [-0.3, -0.25) is 4.79 Å². The predicted octanol–water partition coefficient (Wildman–Crippen LogP) is 0.0198. The lowest BCUT2D eigenvalue weighted by Gasteiger charge is -2.11. The van der Waals surface area contributed by atoms with Gasteiger partial charge in [-0.2, -0.15) is 8.62 Å². The number of hydrogen-bond acceptors (Lipinski definition) is 6. The fourth-order valence-corrected chi connectivity index (χ4v) is 3.62. The van der Waals surface area contributed by atoms with Crippen molar-refractivity contribution in [3.05, 3.63) is 35.9 Å². The smallest absolute Gasteiger partial charge is 0.369 e. The normalized spacial score (nSPS) is 12.2. The van der Waals surface area contributed by atoms with Gasteiger partial charge in [-0.15, -0.1) is 0 Å². The number of hydrogen-bond donors (Lipinski definition) is 6. The van der Waals surface area contributed by atoms with Gasteiger partial charge in [-0.05, 0) is 5.56 Å². The molecule has 0 aromatic heterocycles. The number of rotatable bonds is 6. The van der Waals surface area contributed by atoms with Gasteiger partial charge in [0.2, 0.25) is 5.91 Å². The standard InChI is InChI=1S/C8H9NO.H5O10P3/c9-8(10)6-7-4-2-1-3-5-7;1-11(2,3)9-13(7,8)10-12(4,5)6/h1-5H,6H2,(H2,9,10);(H,7,8)(H2,1,2,3)(H2,4,5,6). The lowest BCUT2D eigenvalue weighted by molar-refractivity contribution is -0.117. The molecule has 7 N–H and O–H groups in total. The molecule has 1 amide bonds. The molecule has 0 saturated carbocycles. The Morgan fingerprint density at radius 1 is 0.913 bits per heavy atom. The van der Waals surface area contributed by atoms with E-state index < -0.39 is 23.5 Å². The molecular weight excluding hydrogens is 379 g/mol. The molecule has 0 bridgehead atoms. The van der Waals surface area contributed by atoms with E-state index in [0.717, 1.165) is 5.56 Å². The van der Waals surface area contributed by atoms with Crippen molar-refractivity contribution in [2.24, 2.45) is 5.73 Å². The van der Waals surface area contributed by atoms with Crippen LogP contribution in [0.25, 0.3) is 0 Å². The molecule has 1 aromatic carbocycles. The molecule has 1 aromatic rings. The molecule has 0 radical (unpaired) electrons. The van der Waals surface area contributed by atoms with Crippen molar-refractivity contribution in [3.8, 4) is 0 Å². The van der Waals surface area contributed by atoms with Crippen LogP contribution in [0.5, 0.6) is 0 Å². The van der Waals surface area contributed by atoms with Crippen LogP contribution < -0.4 is 5.73 Å². The average Bonchev–Trinajstić information content (AvgIpc) is 2.22. The van der Waals surface area contributed by atoms with E-state index in [4.69, 9.17) is 30.2 Å². The number of carbonyl (C=O) groups is 1.